The van der Waals surface area contributed by atoms with Crippen molar-refractivity contribution in [2.75, 3.05) is 20.8 Å². The topological polar surface area (TPSA) is 38.2 Å². The zero-order chi connectivity index (χ0) is 10.6. The number of hydrogen-bond acceptors (Lipinski definition) is 5. The van der Waals surface area contributed by atoms with Gasteiger partial charge < -0.3 is 4.74 Å². The molecular formula is C8H14ClN3OS. The summed E-state index contributed by atoms with van der Waals surface area (Å²) < 4.78 is 5.56. The van der Waals surface area contributed by atoms with Crippen LogP contribution in [-0.4, -0.2) is 41.9 Å². The Morgan fingerprint density at radius 1 is 1.57 bits per heavy atom. The second-order valence-electron chi connectivity index (χ2n) is 3.17. The molecule has 1 aromatic heterocycles. The van der Waals surface area contributed by atoms with E-state index in [1.807, 2.05) is 7.05 Å². The maximum atomic E-state index is 5.69. The quantitative estimate of drug-likeness (QED) is 0.778. The van der Waals surface area contributed by atoms with Crippen LogP contribution < -0.4 is 0 Å². The summed E-state index contributed by atoms with van der Waals surface area (Å²) in [6.45, 7) is 3.57. The molecule has 1 rings (SSSR count). The average molecular weight is 236 g/mol. The van der Waals surface area contributed by atoms with Crippen molar-refractivity contribution < 1.29 is 4.74 Å². The van der Waals surface area contributed by atoms with Crippen LogP contribution in [0.3, 0.4) is 0 Å². The fraction of sp³-hybridized carbons (Fsp3) is 0.750. The lowest BCUT2D eigenvalue weighted by molar-refractivity contribution is 0.112. The van der Waals surface area contributed by atoms with Crippen molar-refractivity contribution in [1.29, 1.82) is 0 Å². The summed E-state index contributed by atoms with van der Waals surface area (Å²) in [6, 6.07) is 0.364. The normalized spacial score (nSPS) is 13.5. The van der Waals surface area contributed by atoms with Gasteiger partial charge in [-0.1, -0.05) is 11.3 Å². The summed E-state index contributed by atoms with van der Waals surface area (Å²) in [5.41, 5.74) is 0. The summed E-state index contributed by atoms with van der Waals surface area (Å²) in [5, 5.41) is 8.63. The van der Waals surface area contributed by atoms with Gasteiger partial charge in [0.1, 0.15) is 5.01 Å². The maximum absolute atomic E-state index is 5.69. The van der Waals surface area contributed by atoms with E-state index in [0.717, 1.165) is 11.6 Å². The second-order valence-corrected chi connectivity index (χ2v) is 4.81. The molecule has 0 amide bonds. The van der Waals surface area contributed by atoms with E-state index in [1.165, 1.54) is 11.3 Å². The van der Waals surface area contributed by atoms with Gasteiger partial charge in [0.15, 0.2) is 0 Å². The summed E-state index contributed by atoms with van der Waals surface area (Å²) in [4.78, 5) is 2.15. The van der Waals surface area contributed by atoms with Gasteiger partial charge in [0.2, 0.25) is 4.47 Å². The molecule has 80 valence electrons. The average Bonchev–Trinajstić information content (AvgIpc) is 2.51. The molecule has 0 aromatic carbocycles. The van der Waals surface area contributed by atoms with Crippen LogP contribution in [0.25, 0.3) is 0 Å². The molecule has 4 nitrogen and oxygen atoms in total. The van der Waals surface area contributed by atoms with E-state index in [2.05, 4.69) is 22.0 Å². The molecule has 0 N–H and O–H groups in total. The van der Waals surface area contributed by atoms with Gasteiger partial charge in [0.25, 0.3) is 0 Å². The number of halogens is 1. The second kappa shape index (κ2) is 5.60. The fourth-order valence-corrected chi connectivity index (χ4v) is 1.97. The molecular weight excluding hydrogens is 222 g/mol. The summed E-state index contributed by atoms with van der Waals surface area (Å²) in [6.07, 6.45) is 0. The largest absolute Gasteiger partial charge is 0.383 e. The van der Waals surface area contributed by atoms with E-state index < -0.39 is 0 Å². The number of hydrogen-bond donors (Lipinski definition) is 0. The van der Waals surface area contributed by atoms with Crippen LogP contribution in [0, 0.1) is 0 Å². The van der Waals surface area contributed by atoms with Crippen molar-refractivity contribution >= 4 is 22.9 Å². The van der Waals surface area contributed by atoms with E-state index in [1.54, 1.807) is 7.11 Å². The molecule has 0 aliphatic heterocycles. The van der Waals surface area contributed by atoms with Crippen molar-refractivity contribution in [2.24, 2.45) is 0 Å². The Bertz CT molecular complexity index is 281. The van der Waals surface area contributed by atoms with Crippen molar-refractivity contribution in [3.63, 3.8) is 0 Å². The van der Waals surface area contributed by atoms with Gasteiger partial charge in [-0.05, 0) is 25.6 Å². The van der Waals surface area contributed by atoms with Gasteiger partial charge in [0, 0.05) is 13.2 Å². The standard InChI is InChI=1S/C8H14ClN3OS/c1-6(5-13-3)12(2)4-7-10-11-8(9)14-7/h6H,4-5H2,1-3H3. The molecule has 14 heavy (non-hydrogen) atoms. The Hall–Kier alpha value is -0.230. The Balaban J connectivity index is 2.43. The number of methoxy groups -OCH3 is 1. The third-order valence-corrected chi connectivity index (χ3v) is 2.99. The fourth-order valence-electron chi connectivity index (χ4n) is 1.03. The van der Waals surface area contributed by atoms with E-state index in [4.69, 9.17) is 16.3 Å². The molecule has 0 saturated heterocycles. The third kappa shape index (κ3) is 3.49. The number of aromatic nitrogens is 2. The Morgan fingerprint density at radius 3 is 2.79 bits per heavy atom. The lowest BCUT2D eigenvalue weighted by atomic mass is 10.3. The first kappa shape index (κ1) is 11.8. The molecule has 1 aromatic rings. The molecule has 1 atom stereocenters. The van der Waals surface area contributed by atoms with Crippen LogP contribution in [0.4, 0.5) is 0 Å². The van der Waals surface area contributed by atoms with Crippen LogP contribution in [0.5, 0.6) is 0 Å². The minimum atomic E-state index is 0.364. The van der Waals surface area contributed by atoms with Gasteiger partial charge >= 0.3 is 0 Å². The smallest absolute Gasteiger partial charge is 0.207 e. The molecule has 0 radical (unpaired) electrons. The van der Waals surface area contributed by atoms with E-state index in [0.29, 0.717) is 17.1 Å². The number of nitrogens with zero attached hydrogens (tertiary/aromatic N) is 3. The van der Waals surface area contributed by atoms with E-state index in [-0.39, 0.29) is 0 Å². The summed E-state index contributed by atoms with van der Waals surface area (Å²) in [5.74, 6) is 0. The predicted octanol–water partition coefficient (Wildman–Crippen LogP) is 1.66. The molecule has 1 heterocycles. The van der Waals surface area contributed by atoms with Crippen LogP contribution in [0.2, 0.25) is 4.47 Å². The van der Waals surface area contributed by atoms with Crippen LogP contribution >= 0.6 is 22.9 Å². The lowest BCUT2D eigenvalue weighted by Crippen LogP contribution is -2.32. The molecule has 0 saturated carbocycles. The summed E-state index contributed by atoms with van der Waals surface area (Å²) >= 11 is 7.10. The van der Waals surface area contributed by atoms with Crippen molar-refractivity contribution in [1.82, 2.24) is 15.1 Å². The number of rotatable bonds is 5. The Morgan fingerprint density at radius 2 is 2.29 bits per heavy atom. The Labute approximate surface area is 92.8 Å². The van der Waals surface area contributed by atoms with Gasteiger partial charge in [-0.25, -0.2) is 0 Å². The van der Waals surface area contributed by atoms with Gasteiger partial charge in [-0.3, -0.25) is 4.90 Å². The third-order valence-electron chi connectivity index (χ3n) is 1.99. The van der Waals surface area contributed by atoms with Crippen LogP contribution in [0.1, 0.15) is 11.9 Å². The van der Waals surface area contributed by atoms with E-state index in [9.17, 15) is 0 Å². The number of ether oxygens (including phenoxy) is 1. The SMILES string of the molecule is COCC(C)N(C)Cc1nnc(Cl)s1. The van der Waals surface area contributed by atoms with Gasteiger partial charge in [0.05, 0.1) is 13.2 Å². The molecule has 0 aliphatic carbocycles. The van der Waals surface area contributed by atoms with Gasteiger partial charge in [-0.15, -0.1) is 10.2 Å². The van der Waals surface area contributed by atoms with Crippen molar-refractivity contribution in [2.45, 2.75) is 19.5 Å². The van der Waals surface area contributed by atoms with Crippen LogP contribution in [-0.2, 0) is 11.3 Å². The van der Waals surface area contributed by atoms with E-state index >= 15 is 0 Å². The first-order valence-corrected chi connectivity index (χ1v) is 5.50. The lowest BCUT2D eigenvalue weighted by Gasteiger charge is -2.22. The molecule has 0 spiro atoms. The minimum Gasteiger partial charge on any atom is -0.383 e. The van der Waals surface area contributed by atoms with Crippen molar-refractivity contribution in [3.8, 4) is 0 Å². The maximum Gasteiger partial charge on any atom is 0.207 e. The summed E-state index contributed by atoms with van der Waals surface area (Å²) in [7, 11) is 3.73. The number of likely N-dealkylation sites (N-methyl/N-ethyl adjacent to an activating group) is 1. The zero-order valence-electron chi connectivity index (χ0n) is 8.53. The predicted molar refractivity (Wildman–Crippen MR) is 57.7 cm³/mol. The molecule has 0 fully saturated rings. The van der Waals surface area contributed by atoms with Crippen LogP contribution in [0.15, 0.2) is 0 Å². The minimum absolute atomic E-state index is 0.364. The highest BCUT2D eigenvalue weighted by molar-refractivity contribution is 7.15. The highest BCUT2D eigenvalue weighted by Gasteiger charge is 2.11. The first-order chi connectivity index (χ1) is 6.63. The molecule has 6 heteroatoms. The highest BCUT2D eigenvalue weighted by Crippen LogP contribution is 2.16. The van der Waals surface area contributed by atoms with Gasteiger partial charge in [-0.2, -0.15) is 0 Å². The first-order valence-electron chi connectivity index (χ1n) is 4.30. The monoisotopic (exact) mass is 235 g/mol. The zero-order valence-corrected chi connectivity index (χ0v) is 10.1. The highest BCUT2D eigenvalue weighted by atomic mass is 35.5. The van der Waals surface area contributed by atoms with Crippen molar-refractivity contribution in [3.05, 3.63) is 9.47 Å². The Kier molecular flexibility index (Phi) is 4.74. The molecule has 0 bridgehead atoms. The molecule has 1 unspecified atom stereocenters. The molecule has 0 aliphatic rings.